The molecule has 0 fully saturated rings. The number of rotatable bonds is 12. The number of hydrogen-bond acceptors (Lipinski definition) is 8. The van der Waals surface area contributed by atoms with Gasteiger partial charge in [-0.25, -0.2) is 4.68 Å². The van der Waals surface area contributed by atoms with Crippen molar-refractivity contribution in [3.63, 3.8) is 0 Å². The Balaban J connectivity index is 1.36. The molecule has 0 bridgehead atoms. The average Bonchev–Trinajstić information content (AvgIpc) is 3.48. The van der Waals surface area contributed by atoms with Crippen molar-refractivity contribution in [1.82, 2.24) is 20.2 Å². The molecule has 1 aromatic heterocycles. The fourth-order valence-electron chi connectivity index (χ4n) is 4.03. The number of aromatic nitrogens is 4. The van der Waals surface area contributed by atoms with Crippen molar-refractivity contribution in [2.75, 3.05) is 7.11 Å². The smallest absolute Gasteiger partial charge is 0.228 e. The molecule has 4 aromatic carbocycles. The zero-order valence-corrected chi connectivity index (χ0v) is 22.4. The molecule has 0 saturated carbocycles. The van der Waals surface area contributed by atoms with E-state index in [1.165, 1.54) is 4.68 Å². The summed E-state index contributed by atoms with van der Waals surface area (Å²) in [5, 5.41) is 22.5. The van der Waals surface area contributed by atoms with Crippen molar-refractivity contribution >= 4 is 11.5 Å². The molecule has 0 spiro atoms. The number of ether oxygens (including phenoxy) is 3. The normalized spacial score (nSPS) is 11.2. The van der Waals surface area contributed by atoms with Crippen LogP contribution in [0.15, 0.2) is 109 Å². The zero-order valence-electron chi connectivity index (χ0n) is 22.4. The van der Waals surface area contributed by atoms with E-state index in [2.05, 4.69) is 15.5 Å². The van der Waals surface area contributed by atoms with Crippen LogP contribution in [0.5, 0.6) is 17.2 Å². The number of allylic oxidation sites excluding steroid dienone is 1. The zero-order chi connectivity index (χ0) is 28.4. The molecule has 0 amide bonds. The van der Waals surface area contributed by atoms with E-state index < -0.39 is 5.78 Å². The molecule has 1 heterocycles. The number of aliphatic hydroxyl groups is 1. The molecule has 0 aliphatic carbocycles. The van der Waals surface area contributed by atoms with E-state index in [0.29, 0.717) is 30.3 Å². The van der Waals surface area contributed by atoms with E-state index in [1.807, 2.05) is 84.9 Å². The number of aliphatic hydroxyl groups excluding tert-OH is 1. The summed E-state index contributed by atoms with van der Waals surface area (Å²) in [6.45, 7) is 0.922. The van der Waals surface area contributed by atoms with Crippen LogP contribution in [0, 0.1) is 0 Å². The van der Waals surface area contributed by atoms with Crippen molar-refractivity contribution < 1.29 is 24.1 Å². The monoisotopic (exact) mass is 548 g/mol. The van der Waals surface area contributed by atoms with Gasteiger partial charge >= 0.3 is 0 Å². The predicted molar refractivity (Wildman–Crippen MR) is 153 cm³/mol. The van der Waals surface area contributed by atoms with Crippen LogP contribution in [-0.2, 0) is 19.8 Å². The summed E-state index contributed by atoms with van der Waals surface area (Å²) < 4.78 is 18.6. The summed E-state index contributed by atoms with van der Waals surface area (Å²) in [4.78, 5) is 13.1. The Labute approximate surface area is 237 Å². The molecular formula is C32H28N4O5. The van der Waals surface area contributed by atoms with Gasteiger partial charge in [-0.15, -0.1) is 5.10 Å². The molecule has 41 heavy (non-hydrogen) atoms. The van der Waals surface area contributed by atoms with Crippen molar-refractivity contribution in [2.24, 2.45) is 0 Å². The Bertz CT molecular complexity index is 1560. The third-order valence-corrected chi connectivity index (χ3v) is 6.18. The second kappa shape index (κ2) is 13.1. The Morgan fingerprint density at radius 3 is 1.93 bits per heavy atom. The minimum atomic E-state index is -0.552. The van der Waals surface area contributed by atoms with Gasteiger partial charge in [0, 0.05) is 17.7 Å². The highest BCUT2D eigenvalue weighted by atomic mass is 16.5. The van der Waals surface area contributed by atoms with E-state index in [-0.39, 0.29) is 18.1 Å². The van der Waals surface area contributed by atoms with Crippen LogP contribution < -0.4 is 14.2 Å². The molecule has 5 rings (SSSR count). The van der Waals surface area contributed by atoms with Gasteiger partial charge in [-0.3, -0.25) is 4.79 Å². The highest BCUT2D eigenvalue weighted by molar-refractivity contribution is 6.05. The number of methoxy groups -OCH3 is 1. The number of benzene rings is 4. The molecule has 5 aromatic rings. The lowest BCUT2D eigenvalue weighted by atomic mass is 10.1. The minimum Gasteiger partial charge on any atom is -0.507 e. The molecule has 0 atom stereocenters. The predicted octanol–water partition coefficient (Wildman–Crippen LogP) is 5.67. The summed E-state index contributed by atoms with van der Waals surface area (Å²) >= 11 is 0. The van der Waals surface area contributed by atoms with Crippen LogP contribution in [0.4, 0.5) is 0 Å². The topological polar surface area (TPSA) is 109 Å². The third kappa shape index (κ3) is 7.36. The first-order valence-corrected chi connectivity index (χ1v) is 12.9. The standard InChI is InChI=1S/C32H28N4O5/c1-39-27-14-12-23(13-15-27)20-36-32(33-34-35-36)31(38)19-30(37)26-16-28(40-21-24-8-4-2-5-9-24)18-29(17-26)41-22-25-10-6-3-7-11-25/h2-19,37H,20-22H2,1H3/b30-19-. The van der Waals surface area contributed by atoms with E-state index in [1.54, 1.807) is 25.3 Å². The maximum atomic E-state index is 13.1. The minimum absolute atomic E-state index is 0.00981. The molecule has 1 N–H and O–H groups in total. The molecule has 0 aliphatic rings. The van der Waals surface area contributed by atoms with E-state index in [9.17, 15) is 9.90 Å². The van der Waals surface area contributed by atoms with Gasteiger partial charge in [0.25, 0.3) is 0 Å². The van der Waals surface area contributed by atoms with Crippen molar-refractivity contribution in [3.8, 4) is 17.2 Å². The summed E-state index contributed by atoms with van der Waals surface area (Å²) in [5.74, 6) is 0.838. The summed E-state index contributed by atoms with van der Waals surface area (Å²) in [7, 11) is 1.59. The van der Waals surface area contributed by atoms with Gasteiger partial charge in [-0.05, 0) is 51.4 Å². The molecule has 0 saturated heterocycles. The van der Waals surface area contributed by atoms with Crippen LogP contribution in [0.3, 0.4) is 0 Å². The van der Waals surface area contributed by atoms with Crippen LogP contribution in [0.1, 0.15) is 32.9 Å². The Morgan fingerprint density at radius 2 is 1.37 bits per heavy atom. The van der Waals surface area contributed by atoms with Gasteiger partial charge in [0.15, 0.2) is 0 Å². The van der Waals surface area contributed by atoms with Gasteiger partial charge in [-0.2, -0.15) is 0 Å². The maximum Gasteiger partial charge on any atom is 0.228 e. The van der Waals surface area contributed by atoms with Gasteiger partial charge in [-0.1, -0.05) is 72.8 Å². The Hall–Kier alpha value is -5.44. The Morgan fingerprint density at radius 1 is 0.780 bits per heavy atom. The van der Waals surface area contributed by atoms with Crippen LogP contribution in [0.25, 0.3) is 5.76 Å². The number of ketones is 1. The molecule has 0 radical (unpaired) electrons. The van der Waals surface area contributed by atoms with Crippen LogP contribution in [-0.4, -0.2) is 38.2 Å². The highest BCUT2D eigenvalue weighted by Gasteiger charge is 2.16. The lowest BCUT2D eigenvalue weighted by molar-refractivity contribution is 0.103. The fourth-order valence-corrected chi connectivity index (χ4v) is 4.03. The van der Waals surface area contributed by atoms with E-state index in [0.717, 1.165) is 28.5 Å². The number of carbonyl (C=O) groups is 1. The van der Waals surface area contributed by atoms with Crippen molar-refractivity contribution in [2.45, 2.75) is 19.8 Å². The lowest BCUT2D eigenvalue weighted by Gasteiger charge is -2.13. The SMILES string of the molecule is COc1ccc(Cn2nnnc2C(=O)/C=C(\O)c2cc(OCc3ccccc3)cc(OCc3ccccc3)c2)cc1. The van der Waals surface area contributed by atoms with Gasteiger partial charge < -0.3 is 19.3 Å². The summed E-state index contributed by atoms with van der Waals surface area (Å²) in [6.07, 6.45) is 1.09. The Kier molecular flexibility index (Phi) is 8.66. The third-order valence-electron chi connectivity index (χ3n) is 6.18. The maximum absolute atomic E-state index is 13.1. The number of carbonyl (C=O) groups excluding carboxylic acids is 1. The van der Waals surface area contributed by atoms with E-state index >= 15 is 0 Å². The van der Waals surface area contributed by atoms with Crippen molar-refractivity contribution in [1.29, 1.82) is 0 Å². The molecule has 9 nitrogen and oxygen atoms in total. The lowest BCUT2D eigenvalue weighted by Crippen LogP contribution is -2.11. The van der Waals surface area contributed by atoms with Gasteiger partial charge in [0.05, 0.1) is 13.7 Å². The number of nitrogens with zero attached hydrogens (tertiary/aromatic N) is 4. The molecule has 0 aliphatic heterocycles. The molecule has 0 unspecified atom stereocenters. The molecule has 206 valence electrons. The summed E-state index contributed by atoms with van der Waals surface area (Å²) in [6, 6.07) is 31.9. The largest absolute Gasteiger partial charge is 0.507 e. The van der Waals surface area contributed by atoms with Gasteiger partial charge in [0.2, 0.25) is 11.6 Å². The quantitative estimate of drug-likeness (QED) is 0.121. The fraction of sp³-hybridized carbons (Fsp3) is 0.125. The summed E-state index contributed by atoms with van der Waals surface area (Å²) in [5.41, 5.74) is 3.21. The van der Waals surface area contributed by atoms with Crippen LogP contribution in [0.2, 0.25) is 0 Å². The van der Waals surface area contributed by atoms with Crippen molar-refractivity contribution in [3.05, 3.63) is 137 Å². The van der Waals surface area contributed by atoms with Crippen LogP contribution >= 0.6 is 0 Å². The first kappa shape index (κ1) is 27.1. The van der Waals surface area contributed by atoms with E-state index in [4.69, 9.17) is 14.2 Å². The molecular weight excluding hydrogens is 520 g/mol. The highest BCUT2D eigenvalue weighted by Crippen LogP contribution is 2.28. The first-order chi connectivity index (χ1) is 20.1. The number of hydrogen-bond donors (Lipinski definition) is 1. The number of tetrazole rings is 1. The second-order valence-electron chi connectivity index (χ2n) is 9.14. The first-order valence-electron chi connectivity index (χ1n) is 12.9. The van der Waals surface area contributed by atoms with Gasteiger partial charge in [0.1, 0.15) is 36.2 Å². The molecule has 9 heteroatoms. The second-order valence-corrected chi connectivity index (χ2v) is 9.14. The average molecular weight is 549 g/mol.